The number of rotatable bonds is 6. The largest absolute Gasteiger partial charge is 0.507 e. The molecular formula is C45H45N3O. The molecule has 0 fully saturated rings. The van der Waals surface area contributed by atoms with Gasteiger partial charge in [0.15, 0.2) is 0 Å². The molecule has 0 saturated carbocycles. The number of phenolic OH excluding ortho intramolecular Hbond substituents is 1. The first-order chi connectivity index (χ1) is 23.4. The fraction of sp³-hybridized carbons (Fsp3) is 0.244. The Bertz CT molecular complexity index is 2340. The Morgan fingerprint density at radius 3 is 2.08 bits per heavy atom. The van der Waals surface area contributed by atoms with Crippen LogP contribution in [-0.4, -0.2) is 19.6 Å². The Labute approximate surface area is 290 Å². The number of para-hydroxylation sites is 1. The van der Waals surface area contributed by atoms with Gasteiger partial charge in [-0.25, -0.2) is 4.98 Å². The molecule has 5 aromatic carbocycles. The van der Waals surface area contributed by atoms with Gasteiger partial charge in [0.05, 0.1) is 22.1 Å². The molecule has 0 unspecified atom stereocenters. The van der Waals surface area contributed by atoms with Crippen molar-refractivity contribution in [2.75, 3.05) is 0 Å². The van der Waals surface area contributed by atoms with Gasteiger partial charge in [-0.2, -0.15) is 0 Å². The molecule has 2 aromatic heterocycles. The van der Waals surface area contributed by atoms with Gasteiger partial charge in [-0.15, -0.1) is 0 Å². The summed E-state index contributed by atoms with van der Waals surface area (Å²) >= 11 is 0. The van der Waals surface area contributed by atoms with Gasteiger partial charge in [-0.1, -0.05) is 103 Å². The Kier molecular flexibility index (Phi) is 8.15. The lowest BCUT2D eigenvalue weighted by Gasteiger charge is -2.20. The summed E-state index contributed by atoms with van der Waals surface area (Å²) in [6.07, 6.45) is 1.95. The van der Waals surface area contributed by atoms with E-state index in [1.54, 1.807) is 6.07 Å². The molecule has 7 rings (SSSR count). The van der Waals surface area contributed by atoms with Crippen LogP contribution < -0.4 is 0 Å². The first-order valence-corrected chi connectivity index (χ1v) is 17.4. The molecule has 0 aliphatic rings. The lowest BCUT2D eigenvalue weighted by Crippen LogP contribution is -2.11. The standard InChI is InChI=1S/C45H45N3O/c1-27(2)32-25-37(42-38(26-32)35(28(3)4)21-22-46-42)31-12-9-11-30(24-31)36-13-10-14-40-43(36)47-44(39-23-29(5)15-20-41(39)49)48(40)34-18-16-33(17-19-34)45(6,7)8/h9-28,49H,1-8H3. The van der Waals surface area contributed by atoms with Crippen molar-refractivity contribution in [2.45, 2.75) is 72.6 Å². The average molecular weight is 644 g/mol. The van der Waals surface area contributed by atoms with Crippen molar-refractivity contribution in [1.29, 1.82) is 0 Å². The number of fused-ring (bicyclic) bond motifs is 2. The molecular weight excluding hydrogens is 599 g/mol. The SMILES string of the molecule is Cc1ccc(O)c(-c2nc3c(-c4cccc(-c5cc(C(C)C)cc6c(C(C)C)ccnc56)c4)cccc3n2-c2ccc(C(C)(C)C)cc2)c1. The first-order valence-electron chi connectivity index (χ1n) is 17.4. The fourth-order valence-corrected chi connectivity index (χ4v) is 6.92. The Morgan fingerprint density at radius 2 is 1.39 bits per heavy atom. The predicted octanol–water partition coefficient (Wildman–Crippen LogP) is 12.1. The number of imidazole rings is 1. The quantitative estimate of drug-likeness (QED) is 0.196. The maximum Gasteiger partial charge on any atom is 0.149 e. The van der Waals surface area contributed by atoms with Crippen molar-refractivity contribution in [3.8, 4) is 45.1 Å². The van der Waals surface area contributed by atoms with Gasteiger partial charge in [0.1, 0.15) is 11.6 Å². The molecule has 246 valence electrons. The molecule has 0 aliphatic carbocycles. The van der Waals surface area contributed by atoms with E-state index in [1.165, 1.54) is 22.1 Å². The van der Waals surface area contributed by atoms with Crippen LogP contribution in [0.4, 0.5) is 0 Å². The fourth-order valence-electron chi connectivity index (χ4n) is 6.92. The number of hydrogen-bond donors (Lipinski definition) is 1. The summed E-state index contributed by atoms with van der Waals surface area (Å²) < 4.78 is 2.18. The van der Waals surface area contributed by atoms with Gasteiger partial charge in [0.25, 0.3) is 0 Å². The van der Waals surface area contributed by atoms with Crippen LogP contribution in [0, 0.1) is 6.92 Å². The highest BCUT2D eigenvalue weighted by Gasteiger charge is 2.22. The molecule has 0 amide bonds. The van der Waals surface area contributed by atoms with Crippen molar-refractivity contribution < 1.29 is 5.11 Å². The minimum Gasteiger partial charge on any atom is -0.507 e. The first kappa shape index (κ1) is 32.3. The van der Waals surface area contributed by atoms with Crippen molar-refractivity contribution >= 4 is 21.9 Å². The van der Waals surface area contributed by atoms with Gasteiger partial charge < -0.3 is 5.11 Å². The van der Waals surface area contributed by atoms with E-state index in [-0.39, 0.29) is 11.2 Å². The summed E-state index contributed by atoms with van der Waals surface area (Å²) in [6, 6.07) is 36.4. The van der Waals surface area contributed by atoms with Crippen LogP contribution in [0.1, 0.15) is 82.6 Å². The Balaban J connectivity index is 1.46. The summed E-state index contributed by atoms with van der Waals surface area (Å²) in [5.41, 5.74) is 14.0. The summed E-state index contributed by atoms with van der Waals surface area (Å²) in [5, 5.41) is 12.4. The monoisotopic (exact) mass is 643 g/mol. The molecule has 0 aliphatic heterocycles. The number of benzene rings is 5. The van der Waals surface area contributed by atoms with Crippen LogP contribution in [0.15, 0.2) is 109 Å². The Hall–Kier alpha value is -5.22. The number of hydrogen-bond acceptors (Lipinski definition) is 3. The van der Waals surface area contributed by atoms with Gasteiger partial charge in [0.2, 0.25) is 0 Å². The van der Waals surface area contributed by atoms with E-state index >= 15 is 0 Å². The van der Waals surface area contributed by atoms with Crippen molar-refractivity contribution in [1.82, 2.24) is 14.5 Å². The zero-order valence-electron chi connectivity index (χ0n) is 29.8. The molecule has 0 saturated heterocycles. The number of aromatic hydroxyl groups is 1. The highest BCUT2D eigenvalue weighted by molar-refractivity contribution is 5.99. The molecule has 0 radical (unpaired) electrons. The topological polar surface area (TPSA) is 50.9 Å². The van der Waals surface area contributed by atoms with Gasteiger partial charge in [-0.3, -0.25) is 9.55 Å². The average Bonchev–Trinajstić information content (AvgIpc) is 3.47. The molecule has 49 heavy (non-hydrogen) atoms. The summed E-state index contributed by atoms with van der Waals surface area (Å²) in [4.78, 5) is 10.3. The second-order valence-electron chi connectivity index (χ2n) is 15.0. The van der Waals surface area contributed by atoms with Gasteiger partial charge >= 0.3 is 0 Å². The molecule has 1 N–H and O–H groups in total. The van der Waals surface area contributed by atoms with Crippen LogP contribution in [-0.2, 0) is 5.41 Å². The maximum atomic E-state index is 11.1. The van der Waals surface area contributed by atoms with Crippen molar-refractivity contribution in [3.05, 3.63) is 132 Å². The third kappa shape index (κ3) is 5.90. The third-order valence-corrected chi connectivity index (χ3v) is 9.74. The molecule has 2 heterocycles. The highest BCUT2D eigenvalue weighted by atomic mass is 16.3. The highest BCUT2D eigenvalue weighted by Crippen LogP contribution is 2.40. The van der Waals surface area contributed by atoms with E-state index in [1.807, 2.05) is 25.3 Å². The number of phenols is 1. The zero-order chi connectivity index (χ0) is 34.6. The van der Waals surface area contributed by atoms with E-state index in [4.69, 9.17) is 9.97 Å². The number of aryl methyl sites for hydroxylation is 1. The van der Waals surface area contributed by atoms with E-state index < -0.39 is 0 Å². The van der Waals surface area contributed by atoms with Crippen LogP contribution >= 0.6 is 0 Å². The summed E-state index contributed by atoms with van der Waals surface area (Å²) in [5.74, 6) is 1.70. The van der Waals surface area contributed by atoms with Crippen LogP contribution in [0.2, 0.25) is 0 Å². The summed E-state index contributed by atoms with van der Waals surface area (Å²) in [6.45, 7) is 17.7. The Morgan fingerprint density at radius 1 is 0.673 bits per heavy atom. The number of pyridine rings is 1. The molecule has 4 nitrogen and oxygen atoms in total. The smallest absolute Gasteiger partial charge is 0.149 e. The molecule has 0 bridgehead atoms. The minimum atomic E-state index is 0.0389. The van der Waals surface area contributed by atoms with E-state index in [0.717, 1.165) is 50.1 Å². The normalized spacial score (nSPS) is 12.1. The molecule has 0 spiro atoms. The van der Waals surface area contributed by atoms with E-state index in [9.17, 15) is 5.11 Å². The minimum absolute atomic E-state index is 0.0389. The van der Waals surface area contributed by atoms with Crippen LogP contribution in [0.5, 0.6) is 5.75 Å². The van der Waals surface area contributed by atoms with Crippen LogP contribution in [0.25, 0.3) is 61.3 Å². The van der Waals surface area contributed by atoms with Gasteiger partial charge in [-0.05, 0) is 107 Å². The van der Waals surface area contributed by atoms with Crippen LogP contribution in [0.3, 0.4) is 0 Å². The van der Waals surface area contributed by atoms with E-state index in [0.29, 0.717) is 23.2 Å². The lowest BCUT2D eigenvalue weighted by molar-refractivity contribution is 0.476. The van der Waals surface area contributed by atoms with Gasteiger partial charge in [0, 0.05) is 28.4 Å². The third-order valence-electron chi connectivity index (χ3n) is 9.74. The molecule has 0 atom stereocenters. The predicted molar refractivity (Wildman–Crippen MR) is 206 cm³/mol. The van der Waals surface area contributed by atoms with Crippen molar-refractivity contribution in [3.63, 3.8) is 0 Å². The molecule has 7 aromatic rings. The second kappa shape index (κ2) is 12.3. The lowest BCUT2D eigenvalue weighted by atomic mass is 9.87. The molecule has 4 heteroatoms. The number of nitrogens with zero attached hydrogens (tertiary/aromatic N) is 3. The number of aromatic nitrogens is 3. The van der Waals surface area contributed by atoms with Crippen molar-refractivity contribution in [2.24, 2.45) is 0 Å². The zero-order valence-corrected chi connectivity index (χ0v) is 29.8. The second-order valence-corrected chi connectivity index (χ2v) is 15.0. The van der Waals surface area contributed by atoms with E-state index in [2.05, 4.69) is 138 Å². The summed E-state index contributed by atoms with van der Waals surface area (Å²) in [7, 11) is 0. The maximum absolute atomic E-state index is 11.1.